The predicted molar refractivity (Wildman–Crippen MR) is 454 cm³/mol. The Morgan fingerprint density at radius 3 is 1.04 bits per heavy atom. The number of hydrogen-bond donors (Lipinski definition) is 1. The van der Waals surface area contributed by atoms with E-state index in [9.17, 15) is 43.9 Å². The van der Waals surface area contributed by atoms with Gasteiger partial charge in [0, 0.05) is 89.2 Å². The number of likely N-dealkylation sites (tertiary alicyclic amines) is 4. The Labute approximate surface area is 822 Å². The van der Waals surface area contributed by atoms with E-state index in [0.717, 1.165) is 95.2 Å². The maximum atomic E-state index is 12.5. The monoisotopic (exact) mass is 1910 g/mol. The summed E-state index contributed by atoms with van der Waals surface area (Å²) in [5.74, 6) is 0.562. The van der Waals surface area contributed by atoms with E-state index in [1.165, 1.54) is 123 Å². The fourth-order valence-electron chi connectivity index (χ4n) is 19.0. The number of carboxylic acids is 1. The predicted octanol–water partition coefficient (Wildman–Crippen LogP) is 14.9. The summed E-state index contributed by atoms with van der Waals surface area (Å²) in [6.07, 6.45) is 39.9. The quantitative estimate of drug-likeness (QED) is 0.0473. The van der Waals surface area contributed by atoms with Crippen LogP contribution in [0.4, 0.5) is 19.2 Å². The molecule has 0 aromatic heterocycles. The number of esters is 1. The fourth-order valence-corrected chi connectivity index (χ4v) is 19.0. The number of nitrogens with zero attached hydrogens (tertiary/aromatic N) is 10. The van der Waals surface area contributed by atoms with E-state index in [1.54, 1.807) is 27.7 Å². The first kappa shape index (κ1) is 126. The molecule has 2 N–H and O–H groups in total. The van der Waals surface area contributed by atoms with Crippen LogP contribution in [0.1, 0.15) is 336 Å². The van der Waals surface area contributed by atoms with E-state index in [1.807, 2.05) is 94.1 Å². The molecule has 25 nitrogen and oxygen atoms in total. The van der Waals surface area contributed by atoms with E-state index in [-0.39, 0.29) is 193 Å². The summed E-state index contributed by atoms with van der Waals surface area (Å²) < 4.78 is 34.7. The van der Waals surface area contributed by atoms with Gasteiger partial charge in [-0.3, -0.25) is 4.79 Å². The van der Waals surface area contributed by atoms with Gasteiger partial charge >= 0.3 is 143 Å². The maximum absolute atomic E-state index is 12.5. The van der Waals surface area contributed by atoms with E-state index in [0.29, 0.717) is 101 Å². The Morgan fingerprint density at radius 1 is 0.512 bits per heavy atom. The molecule has 31 heteroatoms. The van der Waals surface area contributed by atoms with Gasteiger partial charge in [0.15, 0.2) is 5.78 Å². The molecule has 2 atom stereocenters. The van der Waals surface area contributed by atoms with Crippen LogP contribution >= 0.6 is 12.4 Å². The number of halogens is 2. The number of Topliss-reactive ketones (excluding diaryl/α,β-unsaturated/α-hetero) is 1. The molecule has 4 heterocycles. The van der Waals surface area contributed by atoms with Crippen LogP contribution in [0, 0.1) is 110 Å². The van der Waals surface area contributed by atoms with Crippen molar-refractivity contribution in [3.05, 3.63) is 40.4 Å². The summed E-state index contributed by atoms with van der Waals surface area (Å²) in [6.45, 7) is 46.6. The number of allylic oxidation sites excluding steroid dienone is 1. The molecule has 2 unspecified atom stereocenters. The Balaban J connectivity index is -0.000000447. The van der Waals surface area contributed by atoms with Gasteiger partial charge in [0.25, 0.3) is 0 Å². The topological polar surface area (TPSA) is 350 Å². The van der Waals surface area contributed by atoms with Crippen LogP contribution in [-0.4, -0.2) is 189 Å². The van der Waals surface area contributed by atoms with Gasteiger partial charge in [0.05, 0.1) is 41.2 Å². The van der Waals surface area contributed by atoms with Crippen molar-refractivity contribution in [2.45, 2.75) is 370 Å². The third-order valence-corrected chi connectivity index (χ3v) is 24.6. The first-order chi connectivity index (χ1) is 53.8. The Morgan fingerprint density at radius 2 is 0.793 bits per heavy atom. The van der Waals surface area contributed by atoms with Gasteiger partial charge in [-0.25, -0.2) is 41.9 Å². The van der Waals surface area contributed by atoms with Crippen molar-refractivity contribution in [1.29, 1.82) is 21.0 Å². The second-order valence-electron chi connectivity index (χ2n) is 36.8. The van der Waals surface area contributed by atoms with Gasteiger partial charge in [-0.05, 0) is 253 Å². The summed E-state index contributed by atoms with van der Waals surface area (Å²) in [4.78, 5) is 98.1. The molecule has 6 saturated carbocycles. The first-order valence-corrected chi connectivity index (χ1v) is 42.9. The molecule has 686 valence electrons. The molecule has 0 aromatic carbocycles. The van der Waals surface area contributed by atoms with Gasteiger partial charge in [0.1, 0.15) is 28.5 Å². The standard InChI is InChI=1S/C20H32N2O4.C18H28N2O4.C17H28N2O2.C14H20N2O3.C13H21N.C5H9.C2H3N.CH4.BrH.ClH.2Cu.K.Mg.H2O.O/c1-6-25-17(23)16(21-5)20(15-9-7-8-10-15)11-13-22(14-12-20)18(24)26-19(2,3)4;1-17(2,3)24-16(23)20-11-9-18(10-12-20,13-7-5-6-8-13)14(19-4)15(21)22;1-16(2,3)21-15(20)19-12-9-17(8-11-18,10-13-19)14-6-4-5-7-14;1-10(17)12(9-15)11-5-7-16(8-6-11)13(18)19-14(2,3)4;14-11-10-13(8-4-1-5-9-13)12-6-2-3-7-12;1-2-4-5-3-1;1-2-3;;;;;;;;;/h15-16H,6-14H2,1-4H3;13-14H,5-12H2,1-3H3,(H,21,22);14H,4-10,12-13H2,1-3H3;5-8H2,1-4H3;12H,1-10H2;1H,2-5H2;1H3;1H4;2*1H;;;;;1H2;/q;;;;;-1;;;;;;;+1;+2;;/p-2. The third kappa shape index (κ3) is 42.0. The second-order valence-corrected chi connectivity index (χ2v) is 36.8. The number of rotatable bonds is 12. The molecule has 0 spiro atoms. The number of amides is 4. The molecule has 0 bridgehead atoms. The van der Waals surface area contributed by atoms with Gasteiger partial charge in [0.2, 0.25) is 0 Å². The average molecular weight is 1920 g/mol. The number of ketones is 1. The zero-order valence-electron chi connectivity index (χ0n) is 75.4. The van der Waals surface area contributed by atoms with Gasteiger partial charge in [-0.15, -0.1) is 12.4 Å². The van der Waals surface area contributed by atoms with E-state index in [2.05, 4.69) is 44.2 Å². The fraction of sp³-hybridized carbons (Fsp3) is 0.822. The number of aliphatic carboxylic acids is 1. The molecule has 10 fully saturated rings. The summed E-state index contributed by atoms with van der Waals surface area (Å²) in [7, 11) is 0. The molecular formula is C90H147BrClCu2KMgN10O15. The molecule has 1 radical (unpaired) electrons. The van der Waals surface area contributed by atoms with Crippen LogP contribution in [0.5, 0.6) is 0 Å². The van der Waals surface area contributed by atoms with Crippen molar-refractivity contribution < 1.29 is 173 Å². The molecule has 6 aliphatic carbocycles. The van der Waals surface area contributed by atoms with Crippen LogP contribution in [0.25, 0.3) is 9.69 Å². The van der Waals surface area contributed by atoms with Crippen LogP contribution in [0.15, 0.2) is 11.1 Å². The molecule has 10 aliphatic rings. The van der Waals surface area contributed by atoms with Gasteiger partial charge in [-0.1, -0.05) is 90.9 Å². The number of carboxylic acid groups (broad SMARTS) is 1. The number of hydrogen-bond acceptors (Lipinski definition) is 18. The normalized spacial score (nSPS) is 19.9. The van der Waals surface area contributed by atoms with E-state index in [4.69, 9.17) is 56.4 Å². The average Bonchev–Trinajstić information content (AvgIpc) is 1.76. The molecule has 4 aliphatic heterocycles. The summed E-state index contributed by atoms with van der Waals surface area (Å²) in [6, 6.07) is 6.77. The van der Waals surface area contributed by atoms with Crippen LogP contribution in [0.3, 0.4) is 0 Å². The first-order valence-electron chi connectivity index (χ1n) is 42.5. The zero-order valence-corrected chi connectivity index (χ0v) is 84.2. The molecule has 4 amide bonds. The number of ether oxygens (including phenoxy) is 5. The zero-order chi connectivity index (χ0) is 85.6. The molecule has 0 aromatic rings. The van der Waals surface area contributed by atoms with Gasteiger partial charge < -0.3 is 87.0 Å². The van der Waals surface area contributed by atoms with Crippen LogP contribution in [-0.2, 0) is 74.9 Å². The Bertz CT molecular complexity index is 3330. The Hall–Kier alpha value is -3.66. The van der Waals surface area contributed by atoms with Crippen molar-refractivity contribution >= 4 is 77.6 Å². The molecule has 4 saturated heterocycles. The van der Waals surface area contributed by atoms with Crippen molar-refractivity contribution in [2.24, 2.45) is 45.3 Å². The van der Waals surface area contributed by atoms with Crippen molar-refractivity contribution in [1.82, 2.24) is 19.6 Å². The number of nitriles is 4. The van der Waals surface area contributed by atoms with Crippen molar-refractivity contribution in [3.63, 3.8) is 0 Å². The van der Waals surface area contributed by atoms with Crippen LogP contribution in [0.2, 0.25) is 0 Å². The molecule has 121 heavy (non-hydrogen) atoms. The number of carbonyl (C=O) groups is 7. The minimum atomic E-state index is -1.03. The van der Waals surface area contributed by atoms with E-state index < -0.39 is 51.8 Å². The van der Waals surface area contributed by atoms with E-state index >= 15 is 0 Å². The summed E-state index contributed by atoms with van der Waals surface area (Å²) >= 11 is 2.94. The second kappa shape index (κ2) is 62.5. The third-order valence-electron chi connectivity index (χ3n) is 24.6. The molecule has 10 rings (SSSR count). The van der Waals surface area contributed by atoms with Crippen LogP contribution < -0.4 is 68.4 Å². The minimum absolute atomic E-state index is 0. The SMILES string of the molecule is C.CC#N.CC(=O)C(C#N)=C1CCN(C(=O)OC(C)(C)C)CC1.CC(C)(C)OC(=O)N1CCC(CC#N)(C2CCCC2)CC1.Cl.N#CCC1(C2CCCC2)CCCCC1.[Br-].[C-]#[N+]C(C(=O)O)C1(C2CCCC2)CCN(C(=O)OC(C)(C)C)CC1.[C-]#[N+]C(C(=O)OCC)C1(C2CCCC2)CCN(C(=O)OC(C)(C)C)CC1.[CH-]1CCCC1.[Cu].[K+].[Mg+2].[OH-].[O]=[Cu]. The van der Waals surface area contributed by atoms with Crippen molar-refractivity contribution in [3.8, 4) is 24.3 Å². The molecular weight excluding hydrogens is 1770 g/mol. The van der Waals surface area contributed by atoms with Crippen molar-refractivity contribution in [2.75, 3.05) is 59.0 Å². The summed E-state index contributed by atoms with van der Waals surface area (Å²) in [5, 5.41) is 44.0. The number of carbonyl (C=O) groups excluding carboxylic acids is 6. The summed E-state index contributed by atoms with van der Waals surface area (Å²) in [5.41, 5.74) is -1.25. The number of piperidine rings is 4. The Kier molecular flexibility index (Phi) is 65.0. The van der Waals surface area contributed by atoms with Gasteiger partial charge in [-0.2, -0.15) is 33.9 Å².